The van der Waals surface area contributed by atoms with Gasteiger partial charge >= 0.3 is 0 Å². The van der Waals surface area contributed by atoms with E-state index < -0.39 is 9.84 Å². The van der Waals surface area contributed by atoms with Gasteiger partial charge in [0, 0.05) is 12.3 Å². The second-order valence-electron chi connectivity index (χ2n) is 5.22. The van der Waals surface area contributed by atoms with E-state index in [0.29, 0.717) is 5.75 Å². The van der Waals surface area contributed by atoms with Crippen LogP contribution in [0.1, 0.15) is 59.8 Å². The van der Waals surface area contributed by atoms with Crippen molar-refractivity contribution in [3.63, 3.8) is 0 Å². The third-order valence-electron chi connectivity index (χ3n) is 4.03. The SMILES string of the molecule is CCCNCC(CC)(CC)CCCS(=O)(=O)CC. The lowest BCUT2D eigenvalue weighted by Gasteiger charge is -2.32. The van der Waals surface area contributed by atoms with Gasteiger partial charge in [0.05, 0.1) is 5.75 Å². The quantitative estimate of drug-likeness (QED) is 0.591. The van der Waals surface area contributed by atoms with Gasteiger partial charge in [-0.25, -0.2) is 8.42 Å². The molecule has 18 heavy (non-hydrogen) atoms. The van der Waals surface area contributed by atoms with Crippen LogP contribution in [-0.4, -0.2) is 33.0 Å². The summed E-state index contributed by atoms with van der Waals surface area (Å²) in [7, 11) is -2.80. The van der Waals surface area contributed by atoms with E-state index in [4.69, 9.17) is 0 Å². The molecule has 0 aromatic rings. The summed E-state index contributed by atoms with van der Waals surface area (Å²) >= 11 is 0. The Hall–Kier alpha value is -0.0900. The Morgan fingerprint density at radius 3 is 2.11 bits per heavy atom. The fourth-order valence-electron chi connectivity index (χ4n) is 2.28. The minimum atomic E-state index is -2.80. The van der Waals surface area contributed by atoms with Crippen molar-refractivity contribution in [2.45, 2.75) is 59.8 Å². The highest BCUT2D eigenvalue weighted by Gasteiger charge is 2.25. The van der Waals surface area contributed by atoms with Crippen LogP contribution < -0.4 is 5.32 Å². The molecule has 0 fully saturated rings. The zero-order valence-electron chi connectivity index (χ0n) is 12.6. The van der Waals surface area contributed by atoms with Crippen LogP contribution in [0.3, 0.4) is 0 Å². The first-order chi connectivity index (χ1) is 8.45. The summed E-state index contributed by atoms with van der Waals surface area (Å²) in [6.45, 7) is 10.4. The molecule has 110 valence electrons. The van der Waals surface area contributed by atoms with E-state index in [2.05, 4.69) is 26.1 Å². The number of hydrogen-bond acceptors (Lipinski definition) is 3. The molecule has 4 heteroatoms. The first-order valence-corrected chi connectivity index (χ1v) is 9.18. The van der Waals surface area contributed by atoms with Gasteiger partial charge in [0.2, 0.25) is 0 Å². The Labute approximate surface area is 114 Å². The lowest BCUT2D eigenvalue weighted by atomic mass is 9.78. The minimum Gasteiger partial charge on any atom is -0.316 e. The van der Waals surface area contributed by atoms with Gasteiger partial charge in [-0.05, 0) is 44.1 Å². The van der Waals surface area contributed by atoms with Crippen molar-refractivity contribution in [1.82, 2.24) is 5.32 Å². The lowest BCUT2D eigenvalue weighted by Crippen LogP contribution is -2.34. The maximum absolute atomic E-state index is 11.5. The van der Waals surface area contributed by atoms with Crippen molar-refractivity contribution in [2.75, 3.05) is 24.6 Å². The molecule has 0 aliphatic rings. The molecule has 0 saturated carbocycles. The molecule has 0 saturated heterocycles. The van der Waals surface area contributed by atoms with Crippen molar-refractivity contribution >= 4 is 9.84 Å². The average molecular weight is 277 g/mol. The largest absolute Gasteiger partial charge is 0.316 e. The highest BCUT2D eigenvalue weighted by atomic mass is 32.2. The summed E-state index contributed by atoms with van der Waals surface area (Å²) in [6.07, 6.45) is 5.19. The summed E-state index contributed by atoms with van der Waals surface area (Å²) in [5.74, 6) is 0.616. The molecule has 0 radical (unpaired) electrons. The van der Waals surface area contributed by atoms with Crippen molar-refractivity contribution in [2.24, 2.45) is 5.41 Å². The normalized spacial score (nSPS) is 12.9. The van der Waals surface area contributed by atoms with E-state index in [1.165, 1.54) is 0 Å². The van der Waals surface area contributed by atoms with Gasteiger partial charge in [0.25, 0.3) is 0 Å². The fraction of sp³-hybridized carbons (Fsp3) is 1.00. The molecular weight excluding hydrogens is 246 g/mol. The van der Waals surface area contributed by atoms with Gasteiger partial charge in [0.1, 0.15) is 9.84 Å². The molecule has 0 atom stereocenters. The highest BCUT2D eigenvalue weighted by molar-refractivity contribution is 7.91. The summed E-state index contributed by atoms with van der Waals surface area (Å²) in [5.41, 5.74) is 0.276. The Balaban J connectivity index is 4.25. The van der Waals surface area contributed by atoms with Crippen LogP contribution in [0, 0.1) is 5.41 Å². The number of sulfone groups is 1. The van der Waals surface area contributed by atoms with Crippen LogP contribution >= 0.6 is 0 Å². The lowest BCUT2D eigenvalue weighted by molar-refractivity contribution is 0.226. The van der Waals surface area contributed by atoms with Crippen molar-refractivity contribution in [3.8, 4) is 0 Å². The minimum absolute atomic E-state index is 0.270. The van der Waals surface area contributed by atoms with Gasteiger partial charge in [-0.3, -0.25) is 0 Å². The first kappa shape index (κ1) is 17.9. The Kier molecular flexibility index (Phi) is 8.87. The monoisotopic (exact) mass is 277 g/mol. The van der Waals surface area contributed by atoms with E-state index >= 15 is 0 Å². The molecule has 0 aromatic heterocycles. The summed E-state index contributed by atoms with van der Waals surface area (Å²) in [6, 6.07) is 0. The maximum atomic E-state index is 11.5. The van der Waals surface area contributed by atoms with Crippen LogP contribution in [0.15, 0.2) is 0 Å². The molecule has 0 unspecified atom stereocenters. The maximum Gasteiger partial charge on any atom is 0.150 e. The molecule has 0 rings (SSSR count). The fourth-order valence-corrected chi connectivity index (χ4v) is 3.16. The van der Waals surface area contributed by atoms with Crippen molar-refractivity contribution in [1.29, 1.82) is 0 Å². The van der Waals surface area contributed by atoms with Gasteiger partial charge in [-0.1, -0.05) is 27.7 Å². The van der Waals surface area contributed by atoms with Gasteiger partial charge in [-0.2, -0.15) is 0 Å². The Morgan fingerprint density at radius 1 is 1.06 bits per heavy atom. The third kappa shape index (κ3) is 6.74. The zero-order chi connectivity index (χ0) is 14.1. The molecule has 0 aliphatic carbocycles. The predicted octanol–water partition coefficient (Wildman–Crippen LogP) is 3.01. The molecule has 0 heterocycles. The van der Waals surface area contributed by atoms with E-state index in [9.17, 15) is 8.42 Å². The van der Waals surface area contributed by atoms with E-state index in [1.807, 2.05) is 0 Å². The molecule has 0 bridgehead atoms. The average Bonchev–Trinajstić information content (AvgIpc) is 2.37. The number of hydrogen-bond donors (Lipinski definition) is 1. The van der Waals surface area contributed by atoms with Gasteiger partial charge in [0.15, 0.2) is 0 Å². The van der Waals surface area contributed by atoms with Crippen LogP contribution in [0.25, 0.3) is 0 Å². The Bertz CT molecular complexity index is 295. The van der Waals surface area contributed by atoms with Crippen LogP contribution in [-0.2, 0) is 9.84 Å². The molecule has 0 spiro atoms. The second kappa shape index (κ2) is 8.92. The van der Waals surface area contributed by atoms with Gasteiger partial charge < -0.3 is 5.32 Å². The topological polar surface area (TPSA) is 46.2 Å². The molecule has 1 N–H and O–H groups in total. The molecular formula is C14H31NO2S. The van der Waals surface area contributed by atoms with Crippen molar-refractivity contribution in [3.05, 3.63) is 0 Å². The highest BCUT2D eigenvalue weighted by Crippen LogP contribution is 2.31. The molecule has 0 aliphatic heterocycles. The van der Waals surface area contributed by atoms with Crippen LogP contribution in [0.5, 0.6) is 0 Å². The molecule has 3 nitrogen and oxygen atoms in total. The van der Waals surface area contributed by atoms with Crippen LogP contribution in [0.4, 0.5) is 0 Å². The number of nitrogens with one attached hydrogen (secondary N) is 1. The smallest absolute Gasteiger partial charge is 0.150 e. The predicted molar refractivity (Wildman–Crippen MR) is 79.7 cm³/mol. The van der Waals surface area contributed by atoms with E-state index in [0.717, 1.165) is 45.2 Å². The van der Waals surface area contributed by atoms with Crippen LogP contribution in [0.2, 0.25) is 0 Å². The summed E-state index contributed by atoms with van der Waals surface area (Å²) in [4.78, 5) is 0. The van der Waals surface area contributed by atoms with Gasteiger partial charge in [-0.15, -0.1) is 0 Å². The standard InChI is InChI=1S/C14H31NO2S/c1-5-11-15-13-14(6-2,7-3)10-9-12-18(16,17)8-4/h15H,5-13H2,1-4H3. The molecule has 0 amide bonds. The summed E-state index contributed by atoms with van der Waals surface area (Å²) in [5, 5.41) is 3.49. The van der Waals surface area contributed by atoms with E-state index in [-0.39, 0.29) is 11.2 Å². The second-order valence-corrected chi connectivity index (χ2v) is 7.70. The third-order valence-corrected chi connectivity index (χ3v) is 5.82. The number of rotatable bonds is 11. The first-order valence-electron chi connectivity index (χ1n) is 7.36. The Morgan fingerprint density at radius 2 is 1.67 bits per heavy atom. The van der Waals surface area contributed by atoms with Crippen molar-refractivity contribution < 1.29 is 8.42 Å². The van der Waals surface area contributed by atoms with E-state index in [1.54, 1.807) is 6.92 Å². The zero-order valence-corrected chi connectivity index (χ0v) is 13.4. The summed E-state index contributed by atoms with van der Waals surface area (Å²) < 4.78 is 23.0. The molecule has 0 aromatic carbocycles.